The first-order chi connectivity index (χ1) is 30.4. The number of nitro groups is 1. The molecule has 0 aliphatic heterocycles. The number of ether oxygens (including phenoxy) is 6. The van der Waals surface area contributed by atoms with E-state index in [9.17, 15) is 47.7 Å². The molecule has 4 aromatic heterocycles. The molecule has 0 atom stereocenters. The molecule has 2 aromatic carbocycles. The molecule has 334 valence electrons. The molecule has 4 heterocycles. The Balaban J connectivity index is 0.000000241. The lowest BCUT2D eigenvalue weighted by Gasteiger charge is -2.15. The molecule has 24 heteroatoms. The molecule has 6 rings (SSSR count). The monoisotopic (exact) mass is 890 g/mol. The van der Waals surface area contributed by atoms with Crippen LogP contribution in [0, 0.1) is 35.6 Å². The van der Waals surface area contributed by atoms with Crippen LogP contribution < -0.4 is 47.2 Å². The number of nitrogen functional groups attached to an aromatic ring is 1. The van der Waals surface area contributed by atoms with Gasteiger partial charge in [-0.2, -0.15) is 0 Å². The number of rotatable bonds is 13. The van der Waals surface area contributed by atoms with Crippen LogP contribution in [-0.2, 0) is 33.2 Å². The molecular formula is C40H36F2N8O14. The highest BCUT2D eigenvalue weighted by Gasteiger charge is 2.25. The van der Waals surface area contributed by atoms with Crippen molar-refractivity contribution < 1.29 is 51.7 Å². The van der Waals surface area contributed by atoms with Gasteiger partial charge in [0.25, 0.3) is 22.9 Å². The van der Waals surface area contributed by atoms with E-state index >= 15 is 0 Å². The molecular weight excluding hydrogens is 854 g/mol. The highest BCUT2D eigenvalue weighted by atomic mass is 19.1. The van der Waals surface area contributed by atoms with Crippen molar-refractivity contribution in [3.05, 3.63) is 148 Å². The number of pyridine rings is 2. The maximum Gasteiger partial charge on any atom is 0.343 e. The first kappa shape index (κ1) is 46.4. The molecule has 0 saturated heterocycles. The number of anilines is 1. The molecule has 64 heavy (non-hydrogen) atoms. The third-order valence-electron chi connectivity index (χ3n) is 8.93. The van der Waals surface area contributed by atoms with Crippen LogP contribution in [-0.4, -0.2) is 72.5 Å². The minimum absolute atomic E-state index is 0.0402. The van der Waals surface area contributed by atoms with E-state index in [1.807, 2.05) is 0 Å². The Bertz CT molecular complexity index is 3040. The van der Waals surface area contributed by atoms with Gasteiger partial charge in [-0.25, -0.2) is 47.1 Å². The molecule has 22 nitrogen and oxygen atoms in total. The average molecular weight is 891 g/mol. The van der Waals surface area contributed by atoms with Crippen LogP contribution in [0.2, 0.25) is 0 Å². The number of methoxy groups -OCH3 is 2. The lowest BCUT2D eigenvalue weighted by molar-refractivity contribution is -0.385. The molecule has 0 fully saturated rings. The van der Waals surface area contributed by atoms with E-state index in [0.29, 0.717) is 26.6 Å². The SMILES string of the molecule is COC(=O)COc1ncccc1Oc1cc(-n2c(=O)cc(C)n(C)c2=O)c(F)cc1N.COC(=O)COc1ncccc1Oc1cc(-n2c(=O)cc(C)n(C)c2=O)c(F)cc1[N+](=O)[O-]. The van der Waals surface area contributed by atoms with Crippen LogP contribution in [0.1, 0.15) is 11.4 Å². The van der Waals surface area contributed by atoms with Crippen molar-refractivity contribution in [3.63, 3.8) is 0 Å². The molecule has 0 aliphatic carbocycles. The van der Waals surface area contributed by atoms with Crippen LogP contribution in [0.15, 0.2) is 92.2 Å². The van der Waals surface area contributed by atoms with E-state index in [-0.39, 0.29) is 40.4 Å². The van der Waals surface area contributed by atoms with Gasteiger partial charge in [-0.05, 0) is 38.1 Å². The zero-order chi connectivity index (χ0) is 47.0. The molecule has 0 spiro atoms. The molecule has 0 radical (unpaired) electrons. The number of hydrogen-bond acceptors (Lipinski definition) is 17. The summed E-state index contributed by atoms with van der Waals surface area (Å²) in [4.78, 5) is 91.1. The fraction of sp³-hybridized carbons (Fsp3) is 0.200. The Morgan fingerprint density at radius 2 is 1.11 bits per heavy atom. The number of carbonyl (C=O) groups excluding carboxylic acids is 2. The smallest absolute Gasteiger partial charge is 0.343 e. The summed E-state index contributed by atoms with van der Waals surface area (Å²) in [7, 11) is 5.21. The van der Waals surface area contributed by atoms with Gasteiger partial charge >= 0.3 is 29.0 Å². The van der Waals surface area contributed by atoms with Crippen molar-refractivity contribution in [1.29, 1.82) is 0 Å². The van der Waals surface area contributed by atoms with E-state index in [2.05, 4.69) is 19.4 Å². The molecule has 0 bridgehead atoms. The largest absolute Gasteiger partial charge is 0.466 e. The maximum absolute atomic E-state index is 14.8. The molecule has 0 unspecified atom stereocenters. The highest BCUT2D eigenvalue weighted by molar-refractivity contribution is 5.71. The zero-order valence-corrected chi connectivity index (χ0v) is 34.5. The van der Waals surface area contributed by atoms with Gasteiger partial charge in [-0.3, -0.25) is 19.7 Å². The Morgan fingerprint density at radius 3 is 1.55 bits per heavy atom. The third-order valence-corrected chi connectivity index (χ3v) is 8.93. The number of nitrogens with two attached hydrogens (primary N) is 1. The fourth-order valence-electron chi connectivity index (χ4n) is 5.39. The summed E-state index contributed by atoms with van der Waals surface area (Å²) in [6, 6.07) is 11.5. The van der Waals surface area contributed by atoms with Gasteiger partial charge < -0.3 is 43.3 Å². The topological polar surface area (TPSA) is 272 Å². The predicted octanol–water partition coefficient (Wildman–Crippen LogP) is 2.94. The predicted molar refractivity (Wildman–Crippen MR) is 219 cm³/mol. The fourth-order valence-corrected chi connectivity index (χ4v) is 5.39. The summed E-state index contributed by atoms with van der Waals surface area (Å²) in [6.45, 7) is 2.17. The number of carbonyl (C=O) groups is 2. The lowest BCUT2D eigenvalue weighted by atomic mass is 10.2. The summed E-state index contributed by atoms with van der Waals surface area (Å²) < 4.78 is 63.6. The van der Waals surface area contributed by atoms with Crippen LogP contribution in [0.4, 0.5) is 20.2 Å². The lowest BCUT2D eigenvalue weighted by Crippen LogP contribution is -2.38. The Hall–Kier alpha value is -8.70. The quantitative estimate of drug-likeness (QED) is 0.0755. The summed E-state index contributed by atoms with van der Waals surface area (Å²) in [6.07, 6.45) is 2.73. The van der Waals surface area contributed by atoms with Crippen molar-refractivity contribution in [1.82, 2.24) is 28.2 Å². The van der Waals surface area contributed by atoms with E-state index in [1.54, 1.807) is 13.0 Å². The average Bonchev–Trinajstić information content (AvgIpc) is 3.26. The van der Waals surface area contributed by atoms with Crippen molar-refractivity contribution >= 4 is 23.3 Å². The highest BCUT2D eigenvalue weighted by Crippen LogP contribution is 2.38. The van der Waals surface area contributed by atoms with E-state index in [4.69, 9.17) is 24.7 Å². The van der Waals surface area contributed by atoms with Crippen LogP contribution in [0.5, 0.6) is 34.8 Å². The summed E-state index contributed by atoms with van der Waals surface area (Å²) in [5.41, 5.74) is 1.72. The van der Waals surface area contributed by atoms with Crippen molar-refractivity contribution in [2.75, 3.05) is 33.2 Å². The number of halogens is 2. The number of esters is 2. The Labute approximate surface area is 358 Å². The van der Waals surface area contributed by atoms with Gasteiger partial charge in [0.15, 0.2) is 36.3 Å². The normalized spacial score (nSPS) is 10.6. The van der Waals surface area contributed by atoms with Gasteiger partial charge in [0.2, 0.25) is 5.75 Å². The number of nitrogens with zero attached hydrogens (tertiary/aromatic N) is 7. The summed E-state index contributed by atoms with van der Waals surface area (Å²) in [5, 5.41) is 11.5. The van der Waals surface area contributed by atoms with Crippen LogP contribution in [0.25, 0.3) is 11.4 Å². The summed E-state index contributed by atoms with van der Waals surface area (Å²) in [5.74, 6) is -4.29. The van der Waals surface area contributed by atoms with Gasteiger partial charge in [-0.15, -0.1) is 0 Å². The van der Waals surface area contributed by atoms with E-state index < -0.39 is 81.3 Å². The third kappa shape index (κ3) is 10.2. The number of aryl methyl sites for hydroxylation is 2. The molecule has 0 aliphatic rings. The van der Waals surface area contributed by atoms with Gasteiger partial charge in [0, 0.05) is 68.2 Å². The minimum atomic E-state index is -1.19. The van der Waals surface area contributed by atoms with E-state index in [1.165, 1.54) is 69.4 Å². The molecule has 6 aromatic rings. The van der Waals surface area contributed by atoms with Crippen molar-refractivity contribution in [2.24, 2.45) is 14.1 Å². The van der Waals surface area contributed by atoms with Gasteiger partial charge in [0.1, 0.15) is 5.82 Å². The van der Waals surface area contributed by atoms with Gasteiger partial charge in [-0.1, -0.05) is 0 Å². The number of hydrogen-bond donors (Lipinski definition) is 1. The zero-order valence-electron chi connectivity index (χ0n) is 34.5. The van der Waals surface area contributed by atoms with Crippen molar-refractivity contribution in [2.45, 2.75) is 13.8 Å². The standard InChI is InChI=1S/C20H17FN4O8.C20H19FN4O6/c1-11-7-17(26)24(20(28)23(11)2)13-9-16(14(25(29)30)8-12(13)21)33-15-5-4-6-22-19(15)32-10-18(27)31-3;1-11-7-17(26)25(20(28)24(11)2)14-9-16(13(22)8-12(14)21)31-15-5-4-6-23-19(15)30-10-18(27)29-3/h4-9H,10H2,1-3H3;4-9H,10,22H2,1-3H3. The first-order valence-electron chi connectivity index (χ1n) is 18.2. The number of nitro benzene ring substituents is 1. The Kier molecular flexibility index (Phi) is 14.3. The number of benzene rings is 2. The molecule has 0 amide bonds. The van der Waals surface area contributed by atoms with E-state index in [0.717, 1.165) is 35.9 Å². The van der Waals surface area contributed by atoms with Crippen molar-refractivity contribution in [3.8, 4) is 46.1 Å². The second-order valence-corrected chi connectivity index (χ2v) is 13.0. The van der Waals surface area contributed by atoms with Crippen LogP contribution >= 0.6 is 0 Å². The maximum atomic E-state index is 14.8. The first-order valence-corrected chi connectivity index (χ1v) is 18.2. The Morgan fingerprint density at radius 1 is 0.688 bits per heavy atom. The second-order valence-electron chi connectivity index (χ2n) is 13.0. The van der Waals surface area contributed by atoms with Crippen LogP contribution in [0.3, 0.4) is 0 Å². The molecule has 0 saturated carbocycles. The summed E-state index contributed by atoms with van der Waals surface area (Å²) >= 11 is 0. The minimum Gasteiger partial charge on any atom is -0.466 e. The van der Waals surface area contributed by atoms with Gasteiger partial charge in [0.05, 0.1) is 42.3 Å². The number of aromatic nitrogens is 6. The second kappa shape index (κ2) is 19.8. The molecule has 2 N–H and O–H groups in total.